The largest absolute Gasteiger partial charge is 0.494 e. The van der Waals surface area contributed by atoms with Gasteiger partial charge < -0.3 is 23.7 Å². The molecular weight excluding hydrogens is 688 g/mol. The van der Waals surface area contributed by atoms with Crippen molar-refractivity contribution in [3.63, 3.8) is 0 Å². The smallest absolute Gasteiger partial charge is 0.306 e. The summed E-state index contributed by atoms with van der Waals surface area (Å²) in [5, 5.41) is 7.93. The predicted molar refractivity (Wildman–Crippen MR) is 185 cm³/mol. The van der Waals surface area contributed by atoms with E-state index in [0.717, 1.165) is 27.8 Å². The topological polar surface area (TPSA) is 148 Å². The number of nitrogens with zero attached hydrogens (tertiary/aromatic N) is 4. The highest BCUT2D eigenvalue weighted by Crippen LogP contribution is 2.38. The van der Waals surface area contributed by atoms with Gasteiger partial charge in [-0.3, -0.25) is 9.59 Å². The molecule has 5 rings (SSSR count). The van der Waals surface area contributed by atoms with Crippen LogP contribution in [0, 0.1) is 6.92 Å². The summed E-state index contributed by atoms with van der Waals surface area (Å²) < 4.78 is 59.4. The van der Waals surface area contributed by atoms with Gasteiger partial charge in [0, 0.05) is 32.0 Å². The Morgan fingerprint density at radius 3 is 2.62 bits per heavy atom. The molecule has 2 atom stereocenters. The van der Waals surface area contributed by atoms with Crippen molar-refractivity contribution in [2.75, 3.05) is 40.1 Å². The van der Waals surface area contributed by atoms with Gasteiger partial charge in [0.1, 0.15) is 45.9 Å². The molecule has 50 heavy (non-hydrogen) atoms. The molecule has 2 heterocycles. The second kappa shape index (κ2) is 16.2. The van der Waals surface area contributed by atoms with Crippen LogP contribution in [0.2, 0.25) is 0 Å². The first-order chi connectivity index (χ1) is 23.9. The molecule has 13 nitrogen and oxygen atoms in total. The van der Waals surface area contributed by atoms with Crippen LogP contribution >= 0.6 is 11.6 Å². The molecule has 0 radical (unpaired) electrons. The lowest BCUT2D eigenvalue weighted by atomic mass is 9.86. The Labute approximate surface area is 296 Å². The van der Waals surface area contributed by atoms with Crippen molar-refractivity contribution < 1.29 is 41.7 Å². The minimum atomic E-state index is -3.99. The van der Waals surface area contributed by atoms with Gasteiger partial charge in [-0.1, -0.05) is 23.4 Å². The summed E-state index contributed by atoms with van der Waals surface area (Å²) in [6.45, 7) is 6.53. The summed E-state index contributed by atoms with van der Waals surface area (Å²) in [5.74, 6) is 0.373. The average Bonchev–Trinajstić information content (AvgIpc) is 3.41. The van der Waals surface area contributed by atoms with Crippen LogP contribution in [0.15, 0.2) is 53.4 Å². The van der Waals surface area contributed by atoms with E-state index in [1.165, 1.54) is 10.4 Å². The fourth-order valence-electron chi connectivity index (χ4n) is 5.90. The number of hydrogen-bond acceptors (Lipinski definition) is 11. The molecule has 1 aromatic heterocycles. The number of ether oxygens (including phenoxy) is 5. The van der Waals surface area contributed by atoms with E-state index in [2.05, 4.69) is 10.3 Å². The van der Waals surface area contributed by atoms with Gasteiger partial charge in [-0.15, -0.1) is 5.10 Å². The third kappa shape index (κ3) is 8.55. The maximum Gasteiger partial charge on any atom is 0.306 e. The zero-order chi connectivity index (χ0) is 36.0. The Kier molecular flexibility index (Phi) is 12.0. The molecule has 0 spiro atoms. The second-order valence-electron chi connectivity index (χ2n) is 12.0. The lowest BCUT2D eigenvalue weighted by molar-refractivity contribution is -0.143. The van der Waals surface area contributed by atoms with Crippen LogP contribution in [-0.4, -0.2) is 85.1 Å². The van der Waals surface area contributed by atoms with E-state index < -0.39 is 27.3 Å². The highest BCUT2D eigenvalue weighted by molar-refractivity contribution is 7.89. The van der Waals surface area contributed by atoms with E-state index in [-0.39, 0.29) is 69.0 Å². The van der Waals surface area contributed by atoms with Crippen molar-refractivity contribution in [3.05, 3.63) is 70.8 Å². The van der Waals surface area contributed by atoms with Crippen LogP contribution in [0.5, 0.6) is 17.2 Å². The van der Waals surface area contributed by atoms with Gasteiger partial charge in [0.15, 0.2) is 0 Å². The molecule has 268 valence electrons. The van der Waals surface area contributed by atoms with Crippen LogP contribution in [0.1, 0.15) is 54.9 Å². The minimum Gasteiger partial charge on any atom is -0.494 e. The fraction of sp³-hybridized carbons (Fsp3) is 0.429. The molecular formula is C35H41ClN4O9S. The number of carbonyl (C=O) groups excluding carboxylic acids is 2. The zero-order valence-electron chi connectivity index (χ0n) is 28.7. The highest BCUT2D eigenvalue weighted by atomic mass is 35.5. The molecule has 4 aromatic rings. The Morgan fingerprint density at radius 2 is 1.88 bits per heavy atom. The minimum absolute atomic E-state index is 0.0319. The van der Waals surface area contributed by atoms with Crippen LogP contribution < -0.4 is 14.2 Å². The van der Waals surface area contributed by atoms with Gasteiger partial charge in [0.05, 0.1) is 39.9 Å². The van der Waals surface area contributed by atoms with Gasteiger partial charge in [0.25, 0.3) is 0 Å². The van der Waals surface area contributed by atoms with Gasteiger partial charge in [0.2, 0.25) is 15.3 Å². The second-order valence-corrected chi connectivity index (χ2v) is 14.3. The number of sulfonamides is 1. The normalized spacial score (nSPS) is 16.2. The van der Waals surface area contributed by atoms with Crippen LogP contribution in [0.25, 0.3) is 11.0 Å². The molecule has 1 aliphatic rings. The first-order valence-electron chi connectivity index (χ1n) is 16.2. The van der Waals surface area contributed by atoms with E-state index in [1.807, 2.05) is 44.2 Å². The number of methoxy groups -OCH3 is 1. The van der Waals surface area contributed by atoms with E-state index in [1.54, 1.807) is 37.9 Å². The number of aryl methyl sites for hydroxylation is 2. The fourth-order valence-corrected chi connectivity index (χ4v) is 7.57. The average molecular weight is 729 g/mol. The Bertz CT molecular complexity index is 1970. The van der Waals surface area contributed by atoms with Gasteiger partial charge in [-0.2, -0.15) is 4.31 Å². The third-order valence-electron chi connectivity index (χ3n) is 8.37. The van der Waals surface area contributed by atoms with E-state index in [4.69, 9.17) is 35.3 Å². The summed E-state index contributed by atoms with van der Waals surface area (Å²) in [6, 6.07) is 14.2. The predicted octanol–water partition coefficient (Wildman–Crippen LogP) is 4.89. The van der Waals surface area contributed by atoms with Gasteiger partial charge in [-0.05, 0) is 78.9 Å². The van der Waals surface area contributed by atoms with E-state index in [9.17, 15) is 18.0 Å². The number of esters is 1. The Hall–Kier alpha value is -4.24. The SMILES string of the molecule is CCOC(=O)CC(c1ccc(C)c(CN2C[C@@H](C)Oc3cc(OCCOCCC(=O)Cl)ccc3S2(=O)=O)c1)c1cc(OC)c2c(c1)nnn2C. The first kappa shape index (κ1) is 37.0. The van der Waals surface area contributed by atoms with Crippen molar-refractivity contribution in [1.29, 1.82) is 0 Å². The number of benzene rings is 3. The zero-order valence-corrected chi connectivity index (χ0v) is 30.3. The van der Waals surface area contributed by atoms with E-state index in [0.29, 0.717) is 17.0 Å². The van der Waals surface area contributed by atoms with Crippen molar-refractivity contribution in [2.24, 2.45) is 7.05 Å². The Balaban J connectivity index is 1.42. The molecule has 0 saturated heterocycles. The molecule has 15 heteroatoms. The summed E-state index contributed by atoms with van der Waals surface area (Å²) in [6.07, 6.45) is -0.313. The first-order valence-corrected chi connectivity index (χ1v) is 18.0. The van der Waals surface area contributed by atoms with Crippen molar-refractivity contribution in [1.82, 2.24) is 19.3 Å². The van der Waals surface area contributed by atoms with Crippen LogP contribution in [-0.2, 0) is 42.7 Å². The highest BCUT2D eigenvalue weighted by Gasteiger charge is 2.34. The molecule has 0 bridgehead atoms. The molecule has 0 saturated carbocycles. The summed E-state index contributed by atoms with van der Waals surface area (Å²) in [4.78, 5) is 23.8. The number of aromatic nitrogens is 3. The molecule has 1 aliphatic heterocycles. The number of hydrogen-bond donors (Lipinski definition) is 0. The van der Waals surface area contributed by atoms with Crippen LogP contribution in [0.3, 0.4) is 0 Å². The lowest BCUT2D eigenvalue weighted by Crippen LogP contribution is -2.35. The van der Waals surface area contributed by atoms with Crippen molar-refractivity contribution in [2.45, 2.75) is 57.1 Å². The molecule has 0 aliphatic carbocycles. The van der Waals surface area contributed by atoms with E-state index >= 15 is 0 Å². The van der Waals surface area contributed by atoms with Crippen LogP contribution in [0.4, 0.5) is 0 Å². The van der Waals surface area contributed by atoms with Gasteiger partial charge in [-0.25, -0.2) is 13.1 Å². The van der Waals surface area contributed by atoms with Crippen molar-refractivity contribution >= 4 is 43.9 Å². The molecule has 0 amide bonds. The lowest BCUT2D eigenvalue weighted by Gasteiger charge is -2.24. The number of rotatable bonds is 15. The molecule has 0 fully saturated rings. The summed E-state index contributed by atoms with van der Waals surface area (Å²) >= 11 is 5.32. The summed E-state index contributed by atoms with van der Waals surface area (Å²) in [7, 11) is -0.643. The third-order valence-corrected chi connectivity index (χ3v) is 10.4. The number of fused-ring (bicyclic) bond motifs is 2. The number of carbonyl (C=O) groups is 2. The number of halogens is 1. The molecule has 1 unspecified atom stereocenters. The molecule has 3 aromatic carbocycles. The molecule has 0 N–H and O–H groups in total. The maximum absolute atomic E-state index is 14.1. The van der Waals surface area contributed by atoms with Crippen molar-refractivity contribution in [3.8, 4) is 17.2 Å². The quantitative estimate of drug-likeness (QED) is 0.0936. The van der Waals surface area contributed by atoms with Gasteiger partial charge >= 0.3 is 5.97 Å². The monoisotopic (exact) mass is 728 g/mol. The Morgan fingerprint density at radius 1 is 1.08 bits per heavy atom. The standard InChI is InChI=1S/C35H41ClN4O9S/c1-6-47-34(42)19-28(25-16-29-35(31(17-25)45-5)39(4)38-37-29)24-8-7-22(2)26(15-24)21-40-20-23(3)49-30-18-27(9-10-32(30)50(40,43)44)48-14-13-46-12-11-33(36)41/h7-10,15-18,23,28H,6,11-14,19-21H2,1-5H3/t23-,28?/m1/s1. The maximum atomic E-state index is 14.1. The summed E-state index contributed by atoms with van der Waals surface area (Å²) in [5.41, 5.74) is 4.60.